The van der Waals surface area contributed by atoms with Gasteiger partial charge in [-0.05, 0) is 72.8 Å². The molecule has 0 spiro atoms. The Morgan fingerprint density at radius 3 is 1.80 bits per heavy atom. The van der Waals surface area contributed by atoms with Gasteiger partial charge in [0.2, 0.25) is 0 Å². The predicted octanol–water partition coefficient (Wildman–Crippen LogP) is 5.50. The maximum atomic E-state index is 12.9. The topological polar surface area (TPSA) is 139 Å². The Morgan fingerprint density at radius 1 is 0.750 bits per heavy atom. The molecule has 4 aromatic carbocycles. The van der Waals surface area contributed by atoms with Crippen LogP contribution in [-0.2, 0) is 0 Å². The molecular weight excluding hydrogens is 518 g/mol. The number of hydrogen-bond donors (Lipinski definition) is 1. The maximum Gasteiger partial charge on any atom is 0.343 e. The van der Waals surface area contributed by atoms with E-state index >= 15 is 0 Å². The predicted molar refractivity (Wildman–Crippen MR) is 147 cm³/mol. The first-order valence-electron chi connectivity index (χ1n) is 11.8. The van der Waals surface area contributed by atoms with Crippen LogP contribution >= 0.6 is 0 Å². The molecule has 0 atom stereocenters. The van der Waals surface area contributed by atoms with E-state index in [1.807, 2.05) is 0 Å². The number of nitro benzene ring substituents is 1. The third-order valence-corrected chi connectivity index (χ3v) is 5.53. The Balaban J connectivity index is 1.56. The highest BCUT2D eigenvalue weighted by Crippen LogP contribution is 2.26. The summed E-state index contributed by atoms with van der Waals surface area (Å²) in [5.74, 6) is 0.119. The summed E-state index contributed by atoms with van der Waals surface area (Å²) in [6.07, 6.45) is 1.40. The first-order valence-corrected chi connectivity index (χ1v) is 11.8. The zero-order valence-electron chi connectivity index (χ0n) is 21.4. The molecule has 0 amide bonds. The van der Waals surface area contributed by atoms with E-state index in [1.54, 1.807) is 54.6 Å². The molecule has 0 bridgehead atoms. The number of non-ortho nitro benzene ring substituents is 1. The van der Waals surface area contributed by atoms with Crippen LogP contribution in [-0.4, -0.2) is 37.3 Å². The molecule has 0 unspecified atom stereocenters. The molecule has 1 N–H and O–H groups in total. The molecule has 0 aliphatic carbocycles. The first kappa shape index (κ1) is 27.3. The van der Waals surface area contributed by atoms with Gasteiger partial charge in [0.25, 0.3) is 5.69 Å². The van der Waals surface area contributed by atoms with Crippen LogP contribution in [0.1, 0.15) is 26.3 Å². The molecule has 202 valence electrons. The van der Waals surface area contributed by atoms with E-state index in [-0.39, 0.29) is 22.7 Å². The van der Waals surface area contributed by atoms with Gasteiger partial charge >= 0.3 is 11.9 Å². The SMILES string of the molecule is COc1ccc(C(=O)Oc2ccc(C=NNc3ccc([N+](=O)[O-])cc3)c(OC(=O)c3ccc(OC)cc3)c2)cc1. The van der Waals surface area contributed by atoms with Crippen LogP contribution in [0.5, 0.6) is 23.0 Å². The number of esters is 2. The number of hydrazone groups is 1. The van der Waals surface area contributed by atoms with Gasteiger partial charge in [-0.25, -0.2) is 9.59 Å². The van der Waals surface area contributed by atoms with Gasteiger partial charge in [-0.15, -0.1) is 0 Å². The lowest BCUT2D eigenvalue weighted by molar-refractivity contribution is -0.384. The fraction of sp³-hybridized carbons (Fsp3) is 0.0690. The summed E-state index contributed by atoms with van der Waals surface area (Å²) in [6, 6.07) is 22.9. The van der Waals surface area contributed by atoms with Crippen molar-refractivity contribution in [3.05, 3.63) is 118 Å². The smallest absolute Gasteiger partial charge is 0.343 e. The number of ether oxygens (including phenoxy) is 4. The van der Waals surface area contributed by atoms with Crippen molar-refractivity contribution in [1.82, 2.24) is 0 Å². The number of nitrogens with one attached hydrogen (secondary N) is 1. The van der Waals surface area contributed by atoms with Gasteiger partial charge in [0.05, 0.1) is 42.2 Å². The van der Waals surface area contributed by atoms with Gasteiger partial charge in [-0.1, -0.05) is 0 Å². The lowest BCUT2D eigenvalue weighted by Crippen LogP contribution is -2.11. The molecule has 11 nitrogen and oxygen atoms in total. The van der Waals surface area contributed by atoms with Crippen LogP contribution in [0.3, 0.4) is 0 Å². The molecule has 0 aliphatic rings. The lowest BCUT2D eigenvalue weighted by atomic mass is 10.2. The fourth-order valence-corrected chi connectivity index (χ4v) is 3.39. The normalized spacial score (nSPS) is 10.6. The summed E-state index contributed by atoms with van der Waals surface area (Å²) in [5, 5.41) is 15.0. The van der Waals surface area contributed by atoms with Crippen LogP contribution < -0.4 is 24.4 Å². The number of methoxy groups -OCH3 is 2. The third-order valence-electron chi connectivity index (χ3n) is 5.53. The average molecular weight is 542 g/mol. The zero-order chi connectivity index (χ0) is 28.5. The van der Waals surface area contributed by atoms with Gasteiger partial charge in [-0.2, -0.15) is 5.10 Å². The second kappa shape index (κ2) is 12.7. The number of carbonyl (C=O) groups excluding carboxylic acids is 2. The standard InChI is InChI=1S/C29H23N3O8/c1-37-24-12-3-19(4-13-24)28(33)39-26-16-7-21(18-30-31-22-8-10-23(11-9-22)32(35)36)27(17-26)40-29(34)20-5-14-25(38-2)15-6-20/h3-18,31H,1-2H3. The van der Waals surface area contributed by atoms with Crippen LogP contribution in [0.15, 0.2) is 96.1 Å². The quantitative estimate of drug-likeness (QED) is 0.0907. The molecule has 40 heavy (non-hydrogen) atoms. The number of nitrogens with zero attached hydrogens (tertiary/aromatic N) is 2. The molecule has 0 saturated carbocycles. The van der Waals surface area contributed by atoms with E-state index in [4.69, 9.17) is 18.9 Å². The first-order chi connectivity index (χ1) is 19.4. The third kappa shape index (κ3) is 6.98. The van der Waals surface area contributed by atoms with Crippen LogP contribution in [0.2, 0.25) is 0 Å². The molecule has 0 saturated heterocycles. The second-order valence-electron chi connectivity index (χ2n) is 8.11. The summed E-state index contributed by atoms with van der Waals surface area (Å²) in [7, 11) is 3.04. The molecular formula is C29H23N3O8. The van der Waals surface area contributed by atoms with Crippen molar-refractivity contribution in [1.29, 1.82) is 0 Å². The lowest BCUT2D eigenvalue weighted by Gasteiger charge is -2.11. The summed E-state index contributed by atoms with van der Waals surface area (Å²) in [4.78, 5) is 35.9. The second-order valence-corrected chi connectivity index (χ2v) is 8.11. The summed E-state index contributed by atoms with van der Waals surface area (Å²) in [6.45, 7) is 0. The Kier molecular flexibility index (Phi) is 8.67. The van der Waals surface area contributed by atoms with E-state index < -0.39 is 16.9 Å². The summed E-state index contributed by atoms with van der Waals surface area (Å²) < 4.78 is 21.3. The summed E-state index contributed by atoms with van der Waals surface area (Å²) in [5.41, 5.74) is 4.17. The zero-order valence-corrected chi connectivity index (χ0v) is 21.4. The van der Waals surface area contributed by atoms with Crippen molar-refractivity contribution in [3.8, 4) is 23.0 Å². The van der Waals surface area contributed by atoms with Crippen LogP contribution in [0, 0.1) is 10.1 Å². The largest absolute Gasteiger partial charge is 0.497 e. The van der Waals surface area contributed by atoms with Crippen molar-refractivity contribution in [2.75, 3.05) is 19.6 Å². The van der Waals surface area contributed by atoms with Crippen molar-refractivity contribution in [2.45, 2.75) is 0 Å². The molecule has 0 aromatic heterocycles. The molecule has 11 heteroatoms. The van der Waals surface area contributed by atoms with Gasteiger partial charge in [-0.3, -0.25) is 15.5 Å². The highest BCUT2D eigenvalue weighted by molar-refractivity contribution is 5.94. The molecule has 0 fully saturated rings. The van der Waals surface area contributed by atoms with Crippen LogP contribution in [0.25, 0.3) is 0 Å². The summed E-state index contributed by atoms with van der Waals surface area (Å²) >= 11 is 0. The van der Waals surface area contributed by atoms with Crippen LogP contribution in [0.4, 0.5) is 11.4 Å². The number of rotatable bonds is 10. The average Bonchev–Trinajstić information content (AvgIpc) is 2.98. The number of benzene rings is 4. The van der Waals surface area contributed by atoms with Crippen molar-refractivity contribution in [3.63, 3.8) is 0 Å². The number of anilines is 1. The molecule has 0 radical (unpaired) electrons. The van der Waals surface area contributed by atoms with Gasteiger partial charge in [0.1, 0.15) is 23.0 Å². The minimum Gasteiger partial charge on any atom is -0.497 e. The minimum atomic E-state index is -0.653. The van der Waals surface area contributed by atoms with E-state index in [0.29, 0.717) is 28.3 Å². The highest BCUT2D eigenvalue weighted by atomic mass is 16.6. The minimum absolute atomic E-state index is 0.0537. The van der Waals surface area contributed by atoms with E-state index in [1.165, 1.54) is 56.8 Å². The Labute approximate surface area is 228 Å². The highest BCUT2D eigenvalue weighted by Gasteiger charge is 2.15. The van der Waals surface area contributed by atoms with Crippen molar-refractivity contribution < 1.29 is 33.5 Å². The number of nitro groups is 1. The Hall–Kier alpha value is -5.71. The molecule has 0 heterocycles. The van der Waals surface area contributed by atoms with Crippen molar-refractivity contribution >= 4 is 29.5 Å². The Bertz CT molecular complexity index is 1530. The number of carbonyl (C=O) groups is 2. The molecule has 4 rings (SSSR count). The van der Waals surface area contributed by atoms with Gasteiger partial charge in [0, 0.05) is 23.8 Å². The van der Waals surface area contributed by atoms with E-state index in [9.17, 15) is 19.7 Å². The molecule has 4 aromatic rings. The van der Waals surface area contributed by atoms with Gasteiger partial charge < -0.3 is 18.9 Å². The number of hydrogen-bond acceptors (Lipinski definition) is 10. The molecule has 0 aliphatic heterocycles. The van der Waals surface area contributed by atoms with Crippen molar-refractivity contribution in [2.24, 2.45) is 5.10 Å². The monoisotopic (exact) mass is 541 g/mol. The van der Waals surface area contributed by atoms with Gasteiger partial charge in [0.15, 0.2) is 0 Å². The van der Waals surface area contributed by atoms with E-state index in [0.717, 1.165) is 0 Å². The van der Waals surface area contributed by atoms with E-state index in [2.05, 4.69) is 10.5 Å². The maximum absolute atomic E-state index is 12.9. The fourth-order valence-electron chi connectivity index (χ4n) is 3.39. The Morgan fingerprint density at radius 2 is 1.27 bits per heavy atom.